The largest absolute Gasteiger partial charge is 0.370 e. The second-order valence-electron chi connectivity index (χ2n) is 3.32. The lowest BCUT2D eigenvalue weighted by Gasteiger charge is -2.13. The maximum atomic E-state index is 11.5. The van der Waals surface area contributed by atoms with Gasteiger partial charge in [-0.25, -0.2) is 4.99 Å². The van der Waals surface area contributed by atoms with E-state index in [0.717, 1.165) is 32.5 Å². The van der Waals surface area contributed by atoms with Crippen LogP contribution in [-0.4, -0.2) is 42.9 Å². The van der Waals surface area contributed by atoms with Crippen molar-refractivity contribution in [3.63, 3.8) is 0 Å². The molecule has 5 heteroatoms. The summed E-state index contributed by atoms with van der Waals surface area (Å²) in [5.41, 5.74) is 5.50. The summed E-state index contributed by atoms with van der Waals surface area (Å²) >= 11 is 0. The first-order valence-electron chi connectivity index (χ1n) is 5.05. The Morgan fingerprint density at radius 3 is 2.71 bits per heavy atom. The summed E-state index contributed by atoms with van der Waals surface area (Å²) in [4.78, 5) is 17.3. The molecule has 1 fully saturated rings. The van der Waals surface area contributed by atoms with E-state index in [4.69, 9.17) is 5.73 Å². The Balaban J connectivity index is 2.29. The van der Waals surface area contributed by atoms with Crippen LogP contribution in [0.5, 0.6) is 0 Å². The molecule has 80 valence electrons. The van der Waals surface area contributed by atoms with Gasteiger partial charge in [0, 0.05) is 19.6 Å². The number of rotatable bonds is 3. The van der Waals surface area contributed by atoms with E-state index in [-0.39, 0.29) is 12.5 Å². The van der Waals surface area contributed by atoms with E-state index in [2.05, 4.69) is 10.3 Å². The van der Waals surface area contributed by atoms with Gasteiger partial charge in [-0.1, -0.05) is 0 Å². The normalized spacial score (nSPS) is 17.2. The predicted octanol–water partition coefficient (Wildman–Crippen LogP) is -0.467. The molecule has 1 aliphatic rings. The van der Waals surface area contributed by atoms with Crippen LogP contribution in [0.1, 0.15) is 19.8 Å². The van der Waals surface area contributed by atoms with Gasteiger partial charge in [-0.15, -0.1) is 0 Å². The number of nitrogens with two attached hydrogens (primary N) is 1. The molecule has 0 spiro atoms. The molecule has 0 saturated carbocycles. The molecule has 1 rings (SSSR count). The average Bonchev–Trinajstić information content (AvgIpc) is 2.67. The summed E-state index contributed by atoms with van der Waals surface area (Å²) < 4.78 is 0. The van der Waals surface area contributed by atoms with Crippen LogP contribution in [0.4, 0.5) is 0 Å². The highest BCUT2D eigenvalue weighted by molar-refractivity contribution is 5.84. The molecule has 0 aromatic rings. The van der Waals surface area contributed by atoms with E-state index < -0.39 is 0 Å². The third-order valence-electron chi connectivity index (χ3n) is 2.20. The quantitative estimate of drug-likeness (QED) is 0.476. The molecule has 0 unspecified atom stereocenters. The van der Waals surface area contributed by atoms with Gasteiger partial charge in [0.25, 0.3) is 0 Å². The van der Waals surface area contributed by atoms with Gasteiger partial charge >= 0.3 is 0 Å². The molecule has 3 N–H and O–H groups in total. The molecule has 1 amide bonds. The molecule has 0 radical (unpaired) electrons. The van der Waals surface area contributed by atoms with E-state index in [1.54, 1.807) is 0 Å². The van der Waals surface area contributed by atoms with Crippen LogP contribution < -0.4 is 11.1 Å². The zero-order valence-corrected chi connectivity index (χ0v) is 8.62. The minimum atomic E-state index is 0.0725. The third kappa shape index (κ3) is 3.24. The minimum absolute atomic E-state index is 0.0725. The van der Waals surface area contributed by atoms with Gasteiger partial charge in [0.05, 0.1) is 0 Å². The number of aliphatic imine (C=N–C) groups is 1. The van der Waals surface area contributed by atoms with Gasteiger partial charge < -0.3 is 16.0 Å². The van der Waals surface area contributed by atoms with Crippen LogP contribution in [0.25, 0.3) is 0 Å². The highest BCUT2D eigenvalue weighted by Gasteiger charge is 2.16. The molecule has 0 aliphatic carbocycles. The van der Waals surface area contributed by atoms with Crippen LogP contribution in [0, 0.1) is 0 Å². The van der Waals surface area contributed by atoms with Gasteiger partial charge in [0.2, 0.25) is 5.91 Å². The van der Waals surface area contributed by atoms with Crippen molar-refractivity contribution in [2.24, 2.45) is 10.7 Å². The fourth-order valence-corrected chi connectivity index (χ4v) is 1.46. The highest BCUT2D eigenvalue weighted by Crippen LogP contribution is 2.06. The summed E-state index contributed by atoms with van der Waals surface area (Å²) in [6.45, 7) is 4.57. The van der Waals surface area contributed by atoms with Crippen molar-refractivity contribution in [3.05, 3.63) is 0 Å². The molecule has 14 heavy (non-hydrogen) atoms. The van der Waals surface area contributed by atoms with E-state index in [1.807, 2.05) is 11.8 Å². The smallest absolute Gasteiger partial charge is 0.244 e. The number of carbonyl (C=O) groups excluding carboxylic acids is 1. The Bertz CT molecular complexity index is 221. The van der Waals surface area contributed by atoms with Gasteiger partial charge in [0.1, 0.15) is 6.54 Å². The minimum Gasteiger partial charge on any atom is -0.370 e. The van der Waals surface area contributed by atoms with Crippen LogP contribution >= 0.6 is 0 Å². The first-order valence-corrected chi connectivity index (χ1v) is 5.05. The number of amides is 1. The van der Waals surface area contributed by atoms with Crippen LogP contribution in [0.3, 0.4) is 0 Å². The summed E-state index contributed by atoms with van der Waals surface area (Å²) in [5.74, 6) is 0.420. The Labute approximate surface area is 84.4 Å². The lowest BCUT2D eigenvalue weighted by molar-refractivity contribution is -0.128. The van der Waals surface area contributed by atoms with Crippen LogP contribution in [-0.2, 0) is 4.79 Å². The Kier molecular flexibility index (Phi) is 4.22. The molecule has 0 aromatic heterocycles. The maximum Gasteiger partial charge on any atom is 0.244 e. The van der Waals surface area contributed by atoms with Crippen LogP contribution in [0.2, 0.25) is 0 Å². The zero-order chi connectivity index (χ0) is 10.4. The van der Waals surface area contributed by atoms with E-state index in [9.17, 15) is 4.79 Å². The molecule has 0 bridgehead atoms. The average molecular weight is 198 g/mol. The summed E-state index contributed by atoms with van der Waals surface area (Å²) in [6.07, 6.45) is 2.22. The van der Waals surface area contributed by atoms with E-state index in [0.29, 0.717) is 5.96 Å². The number of likely N-dealkylation sites (tertiary alicyclic amines) is 1. The van der Waals surface area contributed by atoms with Gasteiger partial charge in [-0.2, -0.15) is 0 Å². The number of nitrogens with zero attached hydrogens (tertiary/aromatic N) is 2. The maximum absolute atomic E-state index is 11.5. The monoisotopic (exact) mass is 198 g/mol. The van der Waals surface area contributed by atoms with Crippen molar-refractivity contribution < 1.29 is 4.79 Å². The van der Waals surface area contributed by atoms with Crippen molar-refractivity contribution in [2.75, 3.05) is 26.2 Å². The molecular weight excluding hydrogens is 180 g/mol. The molecule has 1 aliphatic heterocycles. The van der Waals surface area contributed by atoms with Gasteiger partial charge in [-0.05, 0) is 19.8 Å². The number of hydrogen-bond donors (Lipinski definition) is 2. The van der Waals surface area contributed by atoms with Crippen molar-refractivity contribution in [3.8, 4) is 0 Å². The summed E-state index contributed by atoms with van der Waals surface area (Å²) in [6, 6.07) is 0. The Morgan fingerprint density at radius 1 is 1.50 bits per heavy atom. The topological polar surface area (TPSA) is 70.7 Å². The first kappa shape index (κ1) is 10.8. The second-order valence-corrected chi connectivity index (χ2v) is 3.32. The molecular formula is C9H18N4O. The van der Waals surface area contributed by atoms with Crippen molar-refractivity contribution >= 4 is 11.9 Å². The van der Waals surface area contributed by atoms with Gasteiger partial charge in [-0.3, -0.25) is 4.79 Å². The van der Waals surface area contributed by atoms with Crippen molar-refractivity contribution in [2.45, 2.75) is 19.8 Å². The number of guanidine groups is 1. The SMILES string of the molecule is CCNC(N)=NCC(=O)N1CCCC1. The van der Waals surface area contributed by atoms with Crippen molar-refractivity contribution in [1.29, 1.82) is 0 Å². The molecule has 1 heterocycles. The number of hydrogen-bond acceptors (Lipinski definition) is 2. The molecule has 0 atom stereocenters. The lowest BCUT2D eigenvalue weighted by atomic mass is 10.4. The Hall–Kier alpha value is -1.26. The number of carbonyl (C=O) groups is 1. The fourth-order valence-electron chi connectivity index (χ4n) is 1.46. The molecule has 1 saturated heterocycles. The standard InChI is InChI=1S/C9H18N4O/c1-2-11-9(10)12-7-8(14)13-5-3-4-6-13/h2-7H2,1H3,(H3,10,11,12). The Morgan fingerprint density at radius 2 is 2.14 bits per heavy atom. The van der Waals surface area contributed by atoms with Gasteiger partial charge in [0.15, 0.2) is 5.96 Å². The highest BCUT2D eigenvalue weighted by atomic mass is 16.2. The predicted molar refractivity (Wildman–Crippen MR) is 56.0 cm³/mol. The van der Waals surface area contributed by atoms with E-state index in [1.165, 1.54) is 0 Å². The first-order chi connectivity index (χ1) is 6.74. The van der Waals surface area contributed by atoms with Crippen molar-refractivity contribution in [1.82, 2.24) is 10.2 Å². The summed E-state index contributed by atoms with van der Waals surface area (Å²) in [5, 5.41) is 2.85. The lowest BCUT2D eigenvalue weighted by Crippen LogP contribution is -2.34. The third-order valence-corrected chi connectivity index (χ3v) is 2.20. The molecule has 0 aromatic carbocycles. The molecule has 5 nitrogen and oxygen atoms in total. The van der Waals surface area contributed by atoms with Crippen LogP contribution in [0.15, 0.2) is 4.99 Å². The number of nitrogens with one attached hydrogen (secondary N) is 1. The second kappa shape index (κ2) is 5.47. The summed E-state index contributed by atoms with van der Waals surface area (Å²) in [7, 11) is 0. The van der Waals surface area contributed by atoms with E-state index >= 15 is 0 Å². The zero-order valence-electron chi connectivity index (χ0n) is 8.62. The fraction of sp³-hybridized carbons (Fsp3) is 0.778.